The first kappa shape index (κ1) is 12.1. The van der Waals surface area contributed by atoms with Crippen LogP contribution < -0.4 is 0 Å². The number of H-pyrrole nitrogens is 1. The number of hydrogen-bond donors (Lipinski definition) is 1. The molecule has 19 heavy (non-hydrogen) atoms. The van der Waals surface area contributed by atoms with E-state index in [2.05, 4.69) is 48.1 Å². The van der Waals surface area contributed by atoms with E-state index in [0.717, 1.165) is 22.4 Å². The van der Waals surface area contributed by atoms with Crippen LogP contribution >= 0.6 is 12.2 Å². The summed E-state index contributed by atoms with van der Waals surface area (Å²) in [4.78, 5) is 7.74. The van der Waals surface area contributed by atoms with Crippen molar-refractivity contribution in [3.05, 3.63) is 51.9 Å². The molecule has 0 aliphatic rings. The van der Waals surface area contributed by atoms with Gasteiger partial charge in [0.2, 0.25) is 0 Å². The minimum absolute atomic E-state index is 0.682. The Labute approximate surface area is 116 Å². The van der Waals surface area contributed by atoms with Gasteiger partial charge in [0, 0.05) is 6.20 Å². The van der Waals surface area contributed by atoms with Crippen molar-refractivity contribution in [1.29, 1.82) is 0 Å². The van der Waals surface area contributed by atoms with Crippen LogP contribution in [0.15, 0.2) is 30.5 Å². The zero-order valence-electron chi connectivity index (χ0n) is 11.2. The van der Waals surface area contributed by atoms with Gasteiger partial charge >= 0.3 is 0 Å². The van der Waals surface area contributed by atoms with Gasteiger partial charge in [-0.25, -0.2) is 4.98 Å². The second kappa shape index (κ2) is 4.31. The lowest BCUT2D eigenvalue weighted by Gasteiger charge is -2.09. The zero-order valence-corrected chi connectivity index (χ0v) is 12.0. The molecule has 4 heteroatoms. The van der Waals surface area contributed by atoms with Gasteiger partial charge in [-0.2, -0.15) is 0 Å². The molecule has 0 aliphatic carbocycles. The largest absolute Gasteiger partial charge is 0.329 e. The van der Waals surface area contributed by atoms with Crippen LogP contribution in [-0.4, -0.2) is 14.5 Å². The standard InChI is InChI=1S/C15H15N3S/c1-9-4-5-11(3)13(7-9)18-14-12(17-15(18)19)6-10(2)8-16-14/h4-8H,1-3H3,(H,17,19). The predicted octanol–water partition coefficient (Wildman–Crippen LogP) is 4.01. The third-order valence-corrected chi connectivity index (χ3v) is 3.55. The molecule has 0 fully saturated rings. The Bertz CT molecular complexity index is 827. The fourth-order valence-corrected chi connectivity index (χ4v) is 2.58. The van der Waals surface area contributed by atoms with Gasteiger partial charge in [0.25, 0.3) is 0 Å². The van der Waals surface area contributed by atoms with Gasteiger partial charge in [0.15, 0.2) is 10.4 Å². The summed E-state index contributed by atoms with van der Waals surface area (Å²) in [7, 11) is 0. The lowest BCUT2D eigenvalue weighted by Crippen LogP contribution is -1.99. The number of nitrogens with zero attached hydrogens (tertiary/aromatic N) is 2. The molecular weight excluding hydrogens is 254 g/mol. The molecule has 0 amide bonds. The molecule has 0 radical (unpaired) electrons. The highest BCUT2D eigenvalue weighted by Gasteiger charge is 2.10. The first-order valence-corrected chi connectivity index (χ1v) is 6.62. The van der Waals surface area contributed by atoms with Crippen molar-refractivity contribution in [2.75, 3.05) is 0 Å². The first-order valence-electron chi connectivity index (χ1n) is 6.21. The highest BCUT2D eigenvalue weighted by atomic mass is 32.1. The summed E-state index contributed by atoms with van der Waals surface area (Å²) in [5.41, 5.74) is 6.47. The number of imidazole rings is 1. The van der Waals surface area contributed by atoms with Crippen molar-refractivity contribution in [2.24, 2.45) is 0 Å². The third-order valence-electron chi connectivity index (χ3n) is 3.27. The number of hydrogen-bond acceptors (Lipinski definition) is 2. The van der Waals surface area contributed by atoms with Crippen LogP contribution in [-0.2, 0) is 0 Å². The third kappa shape index (κ3) is 1.98. The molecule has 96 valence electrons. The molecule has 2 aromatic heterocycles. The molecular formula is C15H15N3S. The Morgan fingerprint density at radius 2 is 1.89 bits per heavy atom. The van der Waals surface area contributed by atoms with Gasteiger partial charge in [0.1, 0.15) is 0 Å². The summed E-state index contributed by atoms with van der Waals surface area (Å²) >= 11 is 5.45. The van der Waals surface area contributed by atoms with E-state index in [1.54, 1.807) is 0 Å². The van der Waals surface area contributed by atoms with Gasteiger partial charge < -0.3 is 4.98 Å². The molecule has 1 N–H and O–H groups in total. The molecule has 0 spiro atoms. The van der Waals surface area contributed by atoms with Crippen LogP contribution in [0.4, 0.5) is 0 Å². The maximum Gasteiger partial charge on any atom is 0.184 e. The maximum absolute atomic E-state index is 5.45. The number of nitrogens with one attached hydrogen (secondary N) is 1. The molecule has 0 saturated heterocycles. The fraction of sp³-hybridized carbons (Fsp3) is 0.200. The minimum Gasteiger partial charge on any atom is -0.329 e. The number of aromatic nitrogens is 3. The van der Waals surface area contributed by atoms with Crippen molar-refractivity contribution in [2.45, 2.75) is 20.8 Å². The van der Waals surface area contributed by atoms with Crippen molar-refractivity contribution in [3.63, 3.8) is 0 Å². The summed E-state index contributed by atoms with van der Waals surface area (Å²) in [6, 6.07) is 8.42. The monoisotopic (exact) mass is 269 g/mol. The highest BCUT2D eigenvalue weighted by Crippen LogP contribution is 2.22. The molecule has 0 aliphatic heterocycles. The van der Waals surface area contributed by atoms with Crippen molar-refractivity contribution in [3.8, 4) is 5.69 Å². The van der Waals surface area contributed by atoms with Gasteiger partial charge in [0.05, 0.1) is 11.2 Å². The molecule has 2 heterocycles. The number of aromatic amines is 1. The van der Waals surface area contributed by atoms with Crippen LogP contribution in [0.1, 0.15) is 16.7 Å². The number of fused-ring (bicyclic) bond motifs is 1. The lowest BCUT2D eigenvalue weighted by atomic mass is 10.1. The molecule has 3 rings (SSSR count). The zero-order chi connectivity index (χ0) is 13.6. The van der Waals surface area contributed by atoms with E-state index in [1.165, 1.54) is 11.1 Å². The molecule has 0 saturated carbocycles. The smallest absolute Gasteiger partial charge is 0.184 e. The molecule has 0 unspecified atom stereocenters. The Morgan fingerprint density at radius 3 is 2.68 bits per heavy atom. The molecule has 3 nitrogen and oxygen atoms in total. The second-order valence-corrected chi connectivity index (χ2v) is 5.33. The lowest BCUT2D eigenvalue weighted by molar-refractivity contribution is 1.02. The highest BCUT2D eigenvalue weighted by molar-refractivity contribution is 7.71. The Balaban J connectivity index is 2.39. The second-order valence-electron chi connectivity index (χ2n) is 4.94. The van der Waals surface area contributed by atoms with E-state index in [0.29, 0.717) is 4.77 Å². The quantitative estimate of drug-likeness (QED) is 0.677. The fourth-order valence-electron chi connectivity index (χ4n) is 2.28. The van der Waals surface area contributed by atoms with Gasteiger partial charge in [-0.05, 0) is 61.8 Å². The van der Waals surface area contributed by atoms with E-state index in [1.807, 2.05) is 17.7 Å². The van der Waals surface area contributed by atoms with Crippen LogP contribution in [0.2, 0.25) is 0 Å². The average molecular weight is 269 g/mol. The van der Waals surface area contributed by atoms with E-state index >= 15 is 0 Å². The van der Waals surface area contributed by atoms with Crippen LogP contribution in [0.5, 0.6) is 0 Å². The molecule has 1 aromatic carbocycles. The van der Waals surface area contributed by atoms with Crippen LogP contribution in [0.3, 0.4) is 0 Å². The number of benzene rings is 1. The minimum atomic E-state index is 0.682. The van der Waals surface area contributed by atoms with Crippen LogP contribution in [0.25, 0.3) is 16.9 Å². The predicted molar refractivity (Wildman–Crippen MR) is 80.5 cm³/mol. The van der Waals surface area contributed by atoms with Gasteiger partial charge in [-0.1, -0.05) is 12.1 Å². The van der Waals surface area contributed by atoms with E-state index < -0.39 is 0 Å². The average Bonchev–Trinajstić information content (AvgIpc) is 2.67. The number of rotatable bonds is 1. The first-order chi connectivity index (χ1) is 9.06. The molecule has 0 bridgehead atoms. The topological polar surface area (TPSA) is 33.6 Å². The summed E-state index contributed by atoms with van der Waals surface area (Å²) < 4.78 is 2.69. The van der Waals surface area contributed by atoms with Gasteiger partial charge in [-0.3, -0.25) is 4.57 Å². The SMILES string of the molecule is Cc1ccc(C)c(-n2c(=S)[nH]c3cc(C)cnc32)c1. The molecule has 3 aromatic rings. The van der Waals surface area contributed by atoms with E-state index in [-0.39, 0.29) is 0 Å². The van der Waals surface area contributed by atoms with Crippen molar-refractivity contribution < 1.29 is 0 Å². The Morgan fingerprint density at radius 1 is 1.11 bits per heavy atom. The number of pyridine rings is 1. The maximum atomic E-state index is 5.45. The summed E-state index contributed by atoms with van der Waals surface area (Å²) in [6.45, 7) is 6.20. The van der Waals surface area contributed by atoms with E-state index in [4.69, 9.17) is 12.2 Å². The Hall–Kier alpha value is -1.94. The molecule has 0 atom stereocenters. The van der Waals surface area contributed by atoms with Gasteiger partial charge in [-0.15, -0.1) is 0 Å². The summed E-state index contributed by atoms with van der Waals surface area (Å²) in [5, 5.41) is 0. The van der Waals surface area contributed by atoms with Crippen molar-refractivity contribution in [1.82, 2.24) is 14.5 Å². The summed E-state index contributed by atoms with van der Waals surface area (Å²) in [5.74, 6) is 0. The number of aryl methyl sites for hydroxylation is 3. The van der Waals surface area contributed by atoms with Crippen molar-refractivity contribution >= 4 is 23.4 Å². The Kier molecular flexibility index (Phi) is 2.75. The summed E-state index contributed by atoms with van der Waals surface area (Å²) in [6.07, 6.45) is 1.87. The normalized spacial score (nSPS) is 11.1. The van der Waals surface area contributed by atoms with E-state index in [9.17, 15) is 0 Å². The van der Waals surface area contributed by atoms with Crippen LogP contribution in [0, 0.1) is 25.5 Å².